The Morgan fingerprint density at radius 2 is 2.07 bits per heavy atom. The molecule has 5 nitrogen and oxygen atoms in total. The van der Waals surface area contributed by atoms with Gasteiger partial charge in [-0.1, -0.05) is 0 Å². The Morgan fingerprint density at radius 1 is 1.36 bits per heavy atom. The lowest BCUT2D eigenvalue weighted by molar-refractivity contribution is -0.336. The SMILES string of the molecule is OCCC(O)CCC1(O)OCC1CO. The van der Waals surface area contributed by atoms with Gasteiger partial charge in [0.2, 0.25) is 0 Å². The van der Waals surface area contributed by atoms with E-state index in [1.54, 1.807) is 0 Å². The van der Waals surface area contributed by atoms with Crippen molar-refractivity contribution < 1.29 is 25.2 Å². The maximum Gasteiger partial charge on any atom is 0.172 e. The molecule has 3 atom stereocenters. The molecule has 4 N–H and O–H groups in total. The fourth-order valence-electron chi connectivity index (χ4n) is 1.53. The molecular formula is C9H18O5. The van der Waals surface area contributed by atoms with Crippen LogP contribution in [0.25, 0.3) is 0 Å². The lowest BCUT2D eigenvalue weighted by Crippen LogP contribution is -2.55. The molecule has 0 aliphatic carbocycles. The predicted molar refractivity (Wildman–Crippen MR) is 48.4 cm³/mol. The molecule has 1 rings (SSSR count). The van der Waals surface area contributed by atoms with Crippen LogP contribution in [-0.4, -0.2) is 52.1 Å². The highest BCUT2D eigenvalue weighted by atomic mass is 16.7. The minimum atomic E-state index is -1.27. The Kier molecular flexibility index (Phi) is 4.28. The van der Waals surface area contributed by atoms with Gasteiger partial charge in [0.15, 0.2) is 5.79 Å². The van der Waals surface area contributed by atoms with E-state index in [-0.39, 0.29) is 19.1 Å². The lowest BCUT2D eigenvalue weighted by Gasteiger charge is -2.44. The summed E-state index contributed by atoms with van der Waals surface area (Å²) in [6.07, 6.45) is 0.347. The molecule has 1 aliphatic heterocycles. The van der Waals surface area contributed by atoms with Gasteiger partial charge in [0.25, 0.3) is 0 Å². The van der Waals surface area contributed by atoms with Crippen LogP contribution in [0.5, 0.6) is 0 Å². The molecule has 0 aromatic rings. The normalized spacial score (nSPS) is 33.9. The fourth-order valence-corrected chi connectivity index (χ4v) is 1.53. The van der Waals surface area contributed by atoms with Crippen LogP contribution < -0.4 is 0 Å². The van der Waals surface area contributed by atoms with Crippen LogP contribution in [0.1, 0.15) is 19.3 Å². The number of hydrogen-bond donors (Lipinski definition) is 4. The quantitative estimate of drug-likeness (QED) is 0.440. The van der Waals surface area contributed by atoms with Crippen LogP contribution in [-0.2, 0) is 4.74 Å². The molecule has 3 unspecified atom stereocenters. The van der Waals surface area contributed by atoms with Crippen molar-refractivity contribution in [3.63, 3.8) is 0 Å². The van der Waals surface area contributed by atoms with Gasteiger partial charge >= 0.3 is 0 Å². The summed E-state index contributed by atoms with van der Waals surface area (Å²) in [6.45, 7) is 0.194. The molecule has 84 valence electrons. The van der Waals surface area contributed by atoms with Crippen molar-refractivity contribution in [1.29, 1.82) is 0 Å². The first kappa shape index (κ1) is 11.9. The zero-order chi connectivity index (χ0) is 10.6. The first-order valence-corrected chi connectivity index (χ1v) is 4.88. The summed E-state index contributed by atoms with van der Waals surface area (Å²) < 4.78 is 4.97. The van der Waals surface area contributed by atoms with Gasteiger partial charge in [-0.3, -0.25) is 0 Å². The highest BCUT2D eigenvalue weighted by Gasteiger charge is 2.46. The van der Waals surface area contributed by atoms with E-state index in [4.69, 9.17) is 14.9 Å². The molecule has 0 bridgehead atoms. The highest BCUT2D eigenvalue weighted by molar-refractivity contribution is 4.86. The maximum absolute atomic E-state index is 9.73. The van der Waals surface area contributed by atoms with E-state index in [1.165, 1.54) is 0 Å². The van der Waals surface area contributed by atoms with E-state index >= 15 is 0 Å². The van der Waals surface area contributed by atoms with Gasteiger partial charge in [0, 0.05) is 13.0 Å². The van der Waals surface area contributed by atoms with E-state index in [0.717, 1.165) is 0 Å². The predicted octanol–water partition coefficient (Wildman–Crippen LogP) is -1.16. The average molecular weight is 206 g/mol. The van der Waals surface area contributed by atoms with Crippen molar-refractivity contribution in [2.75, 3.05) is 19.8 Å². The van der Waals surface area contributed by atoms with Gasteiger partial charge < -0.3 is 25.2 Å². The molecule has 1 heterocycles. The van der Waals surface area contributed by atoms with Gasteiger partial charge in [-0.2, -0.15) is 0 Å². The van der Waals surface area contributed by atoms with E-state index in [1.807, 2.05) is 0 Å². The second kappa shape index (κ2) is 5.04. The van der Waals surface area contributed by atoms with Gasteiger partial charge in [-0.15, -0.1) is 0 Å². The van der Waals surface area contributed by atoms with E-state index in [2.05, 4.69) is 0 Å². The first-order valence-electron chi connectivity index (χ1n) is 4.88. The minimum Gasteiger partial charge on any atom is -0.396 e. The van der Waals surface area contributed by atoms with Crippen LogP contribution in [0, 0.1) is 5.92 Å². The van der Waals surface area contributed by atoms with Gasteiger partial charge in [0.05, 0.1) is 25.2 Å². The average Bonchev–Trinajstić information content (AvgIpc) is 2.14. The number of aliphatic hydroxyl groups is 4. The third-order valence-electron chi connectivity index (χ3n) is 2.69. The fraction of sp³-hybridized carbons (Fsp3) is 1.00. The van der Waals surface area contributed by atoms with E-state index in [0.29, 0.717) is 25.9 Å². The Labute approximate surface area is 82.9 Å². The molecule has 1 saturated heterocycles. The Bertz CT molecular complexity index is 173. The Morgan fingerprint density at radius 3 is 2.50 bits per heavy atom. The molecular weight excluding hydrogens is 188 g/mol. The summed E-state index contributed by atoms with van der Waals surface area (Å²) in [5.74, 6) is -1.52. The van der Waals surface area contributed by atoms with Crippen molar-refractivity contribution in [3.05, 3.63) is 0 Å². The standard InChI is InChI=1S/C9H18O5/c10-4-2-8(12)1-3-9(13)7(5-11)6-14-9/h7-8,10-13H,1-6H2. The van der Waals surface area contributed by atoms with E-state index < -0.39 is 11.9 Å². The summed E-state index contributed by atoms with van der Waals surface area (Å²) in [5, 5.41) is 36.4. The number of aliphatic hydroxyl groups excluding tert-OH is 3. The molecule has 14 heavy (non-hydrogen) atoms. The third kappa shape index (κ3) is 2.65. The maximum atomic E-state index is 9.73. The van der Waals surface area contributed by atoms with Crippen molar-refractivity contribution in [3.8, 4) is 0 Å². The summed E-state index contributed by atoms with van der Waals surface area (Å²) >= 11 is 0. The molecule has 0 radical (unpaired) electrons. The molecule has 1 aliphatic rings. The molecule has 0 amide bonds. The lowest BCUT2D eigenvalue weighted by atomic mass is 9.89. The minimum absolute atomic E-state index is 0.0656. The zero-order valence-electron chi connectivity index (χ0n) is 8.09. The summed E-state index contributed by atoms with van der Waals surface area (Å²) in [5.41, 5.74) is 0. The van der Waals surface area contributed by atoms with Crippen LogP contribution in [0.4, 0.5) is 0 Å². The zero-order valence-corrected chi connectivity index (χ0v) is 8.09. The smallest absolute Gasteiger partial charge is 0.172 e. The molecule has 5 heteroatoms. The van der Waals surface area contributed by atoms with Crippen molar-refractivity contribution in [1.82, 2.24) is 0 Å². The van der Waals surface area contributed by atoms with E-state index in [9.17, 15) is 10.2 Å². The van der Waals surface area contributed by atoms with Crippen molar-refractivity contribution in [2.45, 2.75) is 31.2 Å². The first-order chi connectivity index (χ1) is 6.62. The van der Waals surface area contributed by atoms with Gasteiger partial charge in [0.1, 0.15) is 0 Å². The second-order valence-electron chi connectivity index (χ2n) is 3.74. The monoisotopic (exact) mass is 206 g/mol. The number of ether oxygens (including phenoxy) is 1. The Balaban J connectivity index is 2.23. The molecule has 0 saturated carbocycles. The Hall–Kier alpha value is -0.200. The highest BCUT2D eigenvalue weighted by Crippen LogP contribution is 2.34. The number of hydrogen-bond acceptors (Lipinski definition) is 5. The van der Waals surface area contributed by atoms with Crippen LogP contribution >= 0.6 is 0 Å². The molecule has 0 spiro atoms. The second-order valence-corrected chi connectivity index (χ2v) is 3.74. The summed E-state index contributed by atoms with van der Waals surface area (Å²) in [7, 11) is 0. The van der Waals surface area contributed by atoms with Gasteiger partial charge in [-0.25, -0.2) is 0 Å². The molecule has 1 fully saturated rings. The van der Waals surface area contributed by atoms with Crippen LogP contribution in [0.2, 0.25) is 0 Å². The summed E-state index contributed by atoms with van der Waals surface area (Å²) in [4.78, 5) is 0. The molecule has 0 aromatic carbocycles. The largest absolute Gasteiger partial charge is 0.396 e. The van der Waals surface area contributed by atoms with Crippen LogP contribution in [0.15, 0.2) is 0 Å². The van der Waals surface area contributed by atoms with Gasteiger partial charge in [-0.05, 0) is 12.8 Å². The van der Waals surface area contributed by atoms with Crippen molar-refractivity contribution in [2.24, 2.45) is 5.92 Å². The molecule has 0 aromatic heterocycles. The number of rotatable bonds is 6. The summed E-state index contributed by atoms with van der Waals surface area (Å²) in [6, 6.07) is 0. The topological polar surface area (TPSA) is 90.2 Å². The third-order valence-corrected chi connectivity index (χ3v) is 2.69. The van der Waals surface area contributed by atoms with Crippen LogP contribution in [0.3, 0.4) is 0 Å². The van der Waals surface area contributed by atoms with Crippen molar-refractivity contribution >= 4 is 0 Å².